The minimum absolute atomic E-state index is 0.0138. The van der Waals surface area contributed by atoms with Crippen molar-refractivity contribution in [2.75, 3.05) is 0 Å². The molecule has 2 aromatic rings. The van der Waals surface area contributed by atoms with Gasteiger partial charge in [-0.15, -0.1) is 0 Å². The Hall–Kier alpha value is -2.23. The van der Waals surface area contributed by atoms with Gasteiger partial charge in [-0.2, -0.15) is 4.39 Å². The van der Waals surface area contributed by atoms with E-state index in [-0.39, 0.29) is 11.9 Å². The van der Waals surface area contributed by atoms with E-state index in [9.17, 15) is 9.18 Å². The van der Waals surface area contributed by atoms with Crippen molar-refractivity contribution < 1.29 is 9.18 Å². The molecule has 1 atom stereocenters. The van der Waals surface area contributed by atoms with Crippen LogP contribution >= 0.6 is 0 Å². The van der Waals surface area contributed by atoms with E-state index in [2.05, 4.69) is 16.4 Å². The van der Waals surface area contributed by atoms with Gasteiger partial charge in [-0.3, -0.25) is 4.79 Å². The topological polar surface area (TPSA) is 42.0 Å². The smallest absolute Gasteiger partial charge is 0.251 e. The molecule has 0 spiro atoms. The molecule has 19 heavy (non-hydrogen) atoms. The van der Waals surface area contributed by atoms with Crippen molar-refractivity contribution >= 4 is 5.91 Å². The van der Waals surface area contributed by atoms with Crippen molar-refractivity contribution in [3.63, 3.8) is 0 Å². The van der Waals surface area contributed by atoms with Crippen molar-refractivity contribution in [3.05, 3.63) is 65.2 Å². The second kappa shape index (κ2) is 4.80. The van der Waals surface area contributed by atoms with E-state index < -0.39 is 5.95 Å². The van der Waals surface area contributed by atoms with Crippen LogP contribution in [0.1, 0.15) is 33.9 Å². The number of amides is 1. The molecular weight excluding hydrogens is 243 g/mol. The Bertz CT molecular complexity index is 627. The van der Waals surface area contributed by atoms with E-state index in [0.717, 1.165) is 24.5 Å². The van der Waals surface area contributed by atoms with Crippen molar-refractivity contribution in [1.82, 2.24) is 10.3 Å². The van der Waals surface area contributed by atoms with Crippen LogP contribution in [0.3, 0.4) is 0 Å². The second-order valence-electron chi connectivity index (χ2n) is 4.63. The third-order valence-electron chi connectivity index (χ3n) is 3.43. The van der Waals surface area contributed by atoms with Crippen LogP contribution in [0.4, 0.5) is 4.39 Å². The van der Waals surface area contributed by atoms with Gasteiger partial charge in [0.05, 0.1) is 6.04 Å². The number of halogens is 1. The fourth-order valence-electron chi connectivity index (χ4n) is 2.49. The van der Waals surface area contributed by atoms with Gasteiger partial charge in [-0.1, -0.05) is 24.3 Å². The molecule has 3 rings (SSSR count). The fourth-order valence-corrected chi connectivity index (χ4v) is 2.49. The third-order valence-corrected chi connectivity index (χ3v) is 3.43. The van der Waals surface area contributed by atoms with Gasteiger partial charge in [0.15, 0.2) is 0 Å². The van der Waals surface area contributed by atoms with E-state index in [1.807, 2.05) is 18.2 Å². The van der Waals surface area contributed by atoms with Gasteiger partial charge >= 0.3 is 0 Å². The number of aromatic nitrogens is 1. The zero-order valence-electron chi connectivity index (χ0n) is 10.3. The number of rotatable bonds is 2. The molecule has 96 valence electrons. The summed E-state index contributed by atoms with van der Waals surface area (Å²) in [6.07, 6.45) is 3.15. The highest BCUT2D eigenvalue weighted by Gasteiger charge is 2.23. The maximum atomic E-state index is 13.0. The summed E-state index contributed by atoms with van der Waals surface area (Å²) in [5.41, 5.74) is 2.73. The molecule has 1 heterocycles. The Morgan fingerprint density at radius 2 is 2.16 bits per heavy atom. The second-order valence-corrected chi connectivity index (χ2v) is 4.63. The number of nitrogens with one attached hydrogen (secondary N) is 1. The third kappa shape index (κ3) is 2.34. The SMILES string of the molecule is O=C(N[C@H]1CCc2ccccc21)c1ccnc(F)c1. The summed E-state index contributed by atoms with van der Waals surface area (Å²) in [5, 5.41) is 2.95. The highest BCUT2D eigenvalue weighted by molar-refractivity contribution is 5.94. The molecule has 1 aliphatic carbocycles. The molecule has 0 radical (unpaired) electrons. The summed E-state index contributed by atoms with van der Waals surface area (Å²) in [4.78, 5) is 15.5. The van der Waals surface area contributed by atoms with Gasteiger partial charge in [0, 0.05) is 17.8 Å². The minimum Gasteiger partial charge on any atom is -0.345 e. The highest BCUT2D eigenvalue weighted by Crippen LogP contribution is 2.30. The number of hydrogen-bond donors (Lipinski definition) is 1. The normalized spacial score (nSPS) is 17.0. The Balaban J connectivity index is 1.78. The van der Waals surface area contributed by atoms with Crippen LogP contribution in [-0.4, -0.2) is 10.9 Å². The van der Waals surface area contributed by atoms with E-state index >= 15 is 0 Å². The average Bonchev–Trinajstić information content (AvgIpc) is 2.82. The largest absolute Gasteiger partial charge is 0.345 e. The van der Waals surface area contributed by atoms with E-state index in [1.54, 1.807) is 0 Å². The molecule has 0 saturated carbocycles. The molecular formula is C15H13FN2O. The number of benzene rings is 1. The number of nitrogens with zero attached hydrogens (tertiary/aromatic N) is 1. The van der Waals surface area contributed by atoms with Gasteiger partial charge in [0.25, 0.3) is 5.91 Å². The van der Waals surface area contributed by atoms with Crippen LogP contribution in [0.15, 0.2) is 42.6 Å². The number of hydrogen-bond acceptors (Lipinski definition) is 2. The first kappa shape index (κ1) is 11.8. The summed E-state index contributed by atoms with van der Waals surface area (Å²) >= 11 is 0. The summed E-state index contributed by atoms with van der Waals surface area (Å²) in [7, 11) is 0. The zero-order chi connectivity index (χ0) is 13.2. The van der Waals surface area contributed by atoms with Crippen LogP contribution < -0.4 is 5.32 Å². The lowest BCUT2D eigenvalue weighted by molar-refractivity contribution is 0.0936. The molecule has 0 unspecified atom stereocenters. The summed E-state index contributed by atoms with van der Waals surface area (Å²) in [5.74, 6) is -0.900. The van der Waals surface area contributed by atoms with Crippen molar-refractivity contribution in [2.24, 2.45) is 0 Å². The monoisotopic (exact) mass is 256 g/mol. The van der Waals surface area contributed by atoms with Crippen LogP contribution in [0.5, 0.6) is 0 Å². The first-order valence-electron chi connectivity index (χ1n) is 6.24. The van der Waals surface area contributed by atoms with Gasteiger partial charge < -0.3 is 5.32 Å². The predicted octanol–water partition coefficient (Wildman–Crippen LogP) is 2.64. The van der Waals surface area contributed by atoms with Crippen molar-refractivity contribution in [1.29, 1.82) is 0 Å². The van der Waals surface area contributed by atoms with Gasteiger partial charge in [0.2, 0.25) is 5.95 Å². The number of aryl methyl sites for hydroxylation is 1. The molecule has 0 fully saturated rings. The zero-order valence-corrected chi connectivity index (χ0v) is 10.3. The Morgan fingerprint density at radius 1 is 1.32 bits per heavy atom. The van der Waals surface area contributed by atoms with Gasteiger partial charge in [0.1, 0.15) is 0 Å². The highest BCUT2D eigenvalue weighted by atomic mass is 19.1. The number of pyridine rings is 1. The molecule has 1 aromatic carbocycles. The first-order valence-corrected chi connectivity index (χ1v) is 6.24. The molecule has 0 bridgehead atoms. The summed E-state index contributed by atoms with van der Waals surface area (Å²) in [6.45, 7) is 0. The maximum Gasteiger partial charge on any atom is 0.251 e. The molecule has 1 aliphatic rings. The minimum atomic E-state index is -0.639. The number of carbonyl (C=O) groups excluding carboxylic acids is 1. The maximum absolute atomic E-state index is 13.0. The van der Waals surface area contributed by atoms with Crippen LogP contribution in [0.2, 0.25) is 0 Å². The van der Waals surface area contributed by atoms with Gasteiger partial charge in [-0.05, 0) is 30.0 Å². The molecule has 1 aromatic heterocycles. The molecule has 1 N–H and O–H groups in total. The summed E-state index contributed by atoms with van der Waals surface area (Å²) < 4.78 is 13.0. The average molecular weight is 256 g/mol. The van der Waals surface area contributed by atoms with E-state index in [1.165, 1.54) is 17.8 Å². The Kier molecular flexibility index (Phi) is 2.99. The first-order chi connectivity index (χ1) is 9.24. The molecule has 0 saturated heterocycles. The van der Waals surface area contributed by atoms with Crippen LogP contribution in [0.25, 0.3) is 0 Å². The van der Waals surface area contributed by atoms with Gasteiger partial charge in [-0.25, -0.2) is 4.98 Å². The van der Waals surface area contributed by atoms with Crippen molar-refractivity contribution in [2.45, 2.75) is 18.9 Å². The van der Waals surface area contributed by atoms with Crippen LogP contribution in [-0.2, 0) is 6.42 Å². The molecule has 1 amide bonds. The number of fused-ring (bicyclic) bond motifs is 1. The van der Waals surface area contributed by atoms with Crippen molar-refractivity contribution in [3.8, 4) is 0 Å². The molecule has 0 aliphatic heterocycles. The van der Waals surface area contributed by atoms with Crippen LogP contribution in [0, 0.1) is 5.95 Å². The molecule has 4 heteroatoms. The lowest BCUT2D eigenvalue weighted by Gasteiger charge is -2.14. The Morgan fingerprint density at radius 3 is 3.00 bits per heavy atom. The fraction of sp³-hybridized carbons (Fsp3) is 0.200. The predicted molar refractivity (Wildman–Crippen MR) is 69.2 cm³/mol. The Labute approximate surface area is 110 Å². The quantitative estimate of drug-likeness (QED) is 0.839. The lowest BCUT2D eigenvalue weighted by Crippen LogP contribution is -2.27. The summed E-state index contributed by atoms with van der Waals surface area (Å²) in [6, 6.07) is 10.8. The molecule has 3 nitrogen and oxygen atoms in total. The number of carbonyl (C=O) groups is 1. The standard InChI is InChI=1S/C15H13FN2O/c16-14-9-11(7-8-17-14)15(19)18-13-6-5-10-3-1-2-4-12(10)13/h1-4,7-9,13H,5-6H2,(H,18,19)/t13-/m0/s1. The van der Waals surface area contributed by atoms with E-state index in [4.69, 9.17) is 0 Å². The lowest BCUT2D eigenvalue weighted by atomic mass is 10.1. The van der Waals surface area contributed by atoms with E-state index in [0.29, 0.717) is 5.56 Å².